The van der Waals surface area contributed by atoms with E-state index >= 15 is 0 Å². The monoisotopic (exact) mass is 345 g/mol. The van der Waals surface area contributed by atoms with Crippen LogP contribution in [0, 0.1) is 12.8 Å². The van der Waals surface area contributed by atoms with Crippen molar-refractivity contribution in [2.75, 3.05) is 11.9 Å². The molecule has 4 heteroatoms. The Balaban J connectivity index is 1.65. The lowest BCUT2D eigenvalue weighted by atomic mass is 9.98. The minimum Gasteiger partial charge on any atom is -0.490 e. The molecule has 1 atom stereocenters. The maximum absolute atomic E-state index is 12.8. The van der Waals surface area contributed by atoms with Crippen LogP contribution in [0.15, 0.2) is 18.2 Å². The zero-order valence-electron chi connectivity index (χ0n) is 15.8. The number of ether oxygens (including phenoxy) is 2. The number of carbonyl (C=O) groups is 1. The average Bonchev–Trinajstić information content (AvgIpc) is 3.33. The Morgan fingerprint density at radius 1 is 1.24 bits per heavy atom. The van der Waals surface area contributed by atoms with E-state index in [0.717, 1.165) is 49.1 Å². The van der Waals surface area contributed by atoms with Crippen molar-refractivity contribution >= 4 is 11.6 Å². The zero-order chi connectivity index (χ0) is 17.9. The fourth-order valence-corrected chi connectivity index (χ4v) is 3.62. The first kappa shape index (κ1) is 18.2. The molecule has 0 heterocycles. The smallest absolute Gasteiger partial charge is 0.256 e. The van der Waals surface area contributed by atoms with Gasteiger partial charge in [0.05, 0.1) is 6.10 Å². The fourth-order valence-electron chi connectivity index (χ4n) is 3.62. The summed E-state index contributed by atoms with van der Waals surface area (Å²) in [4.78, 5) is 12.8. The Labute approximate surface area is 151 Å². The molecule has 1 N–H and O–H groups in total. The molecule has 0 saturated heterocycles. The molecule has 1 unspecified atom stereocenters. The summed E-state index contributed by atoms with van der Waals surface area (Å²) in [7, 11) is 0. The van der Waals surface area contributed by atoms with Crippen molar-refractivity contribution in [3.63, 3.8) is 0 Å². The fraction of sp³-hybridized carbons (Fsp3) is 0.667. The Hall–Kier alpha value is -1.55. The molecule has 25 heavy (non-hydrogen) atoms. The topological polar surface area (TPSA) is 47.6 Å². The SMILES string of the molecule is CCCOC(C)(C(=O)Nc1ccc(OC2CCCC2)c(C)c1)C1CC1. The van der Waals surface area contributed by atoms with E-state index in [-0.39, 0.29) is 5.91 Å². The van der Waals surface area contributed by atoms with E-state index in [0.29, 0.717) is 18.6 Å². The Bertz CT molecular complexity index is 605. The molecule has 1 aromatic carbocycles. The van der Waals surface area contributed by atoms with Crippen molar-refractivity contribution in [3.05, 3.63) is 23.8 Å². The second-order valence-corrected chi connectivity index (χ2v) is 7.69. The highest BCUT2D eigenvalue weighted by molar-refractivity contribution is 5.97. The number of amides is 1. The summed E-state index contributed by atoms with van der Waals surface area (Å²) in [6.07, 6.45) is 8.22. The maximum Gasteiger partial charge on any atom is 0.256 e. The number of nitrogens with one attached hydrogen (secondary N) is 1. The summed E-state index contributed by atoms with van der Waals surface area (Å²) < 4.78 is 12.0. The van der Waals surface area contributed by atoms with Gasteiger partial charge in [-0.3, -0.25) is 4.79 Å². The largest absolute Gasteiger partial charge is 0.490 e. The molecular weight excluding hydrogens is 314 g/mol. The van der Waals surface area contributed by atoms with Gasteiger partial charge in [-0.2, -0.15) is 0 Å². The maximum atomic E-state index is 12.8. The number of carbonyl (C=O) groups excluding carboxylic acids is 1. The second kappa shape index (κ2) is 7.77. The van der Waals surface area contributed by atoms with Crippen LogP contribution in [0.2, 0.25) is 0 Å². The molecule has 4 nitrogen and oxygen atoms in total. The van der Waals surface area contributed by atoms with Gasteiger partial charge in [0.15, 0.2) is 0 Å². The third kappa shape index (κ3) is 4.35. The highest BCUT2D eigenvalue weighted by Gasteiger charge is 2.48. The number of rotatable bonds is 8. The molecule has 0 aromatic heterocycles. The van der Waals surface area contributed by atoms with Crippen LogP contribution in [-0.4, -0.2) is 24.2 Å². The molecule has 3 rings (SSSR count). The van der Waals surface area contributed by atoms with Crippen molar-refractivity contribution in [2.45, 2.75) is 77.4 Å². The van der Waals surface area contributed by atoms with Crippen LogP contribution in [0.4, 0.5) is 5.69 Å². The summed E-state index contributed by atoms with van der Waals surface area (Å²) in [5, 5.41) is 3.05. The number of hydrogen-bond acceptors (Lipinski definition) is 3. The number of hydrogen-bond donors (Lipinski definition) is 1. The number of anilines is 1. The Morgan fingerprint density at radius 3 is 2.56 bits per heavy atom. The lowest BCUT2D eigenvalue weighted by molar-refractivity contribution is -0.142. The van der Waals surface area contributed by atoms with Crippen molar-refractivity contribution in [1.82, 2.24) is 0 Å². The molecule has 138 valence electrons. The highest BCUT2D eigenvalue weighted by atomic mass is 16.5. The van der Waals surface area contributed by atoms with Crippen LogP contribution in [-0.2, 0) is 9.53 Å². The normalized spacial score (nSPS) is 20.3. The van der Waals surface area contributed by atoms with Gasteiger partial charge in [0.1, 0.15) is 11.4 Å². The van der Waals surface area contributed by atoms with E-state index in [2.05, 4.69) is 12.2 Å². The Morgan fingerprint density at radius 2 is 1.96 bits per heavy atom. The summed E-state index contributed by atoms with van der Waals surface area (Å²) in [6.45, 7) is 6.65. The summed E-state index contributed by atoms with van der Waals surface area (Å²) in [5.74, 6) is 1.23. The Kier molecular flexibility index (Phi) is 5.67. The van der Waals surface area contributed by atoms with E-state index in [4.69, 9.17) is 9.47 Å². The van der Waals surface area contributed by atoms with Crippen molar-refractivity contribution < 1.29 is 14.3 Å². The van der Waals surface area contributed by atoms with Crippen LogP contribution >= 0.6 is 0 Å². The molecule has 0 bridgehead atoms. The summed E-state index contributed by atoms with van der Waals surface area (Å²) >= 11 is 0. The van der Waals surface area contributed by atoms with Crippen LogP contribution < -0.4 is 10.1 Å². The predicted octanol–water partition coefficient (Wildman–Crippen LogP) is 4.85. The van der Waals surface area contributed by atoms with Crippen LogP contribution in [0.3, 0.4) is 0 Å². The van der Waals surface area contributed by atoms with Gasteiger partial charge in [0.25, 0.3) is 5.91 Å². The zero-order valence-corrected chi connectivity index (χ0v) is 15.8. The van der Waals surface area contributed by atoms with Crippen LogP contribution in [0.5, 0.6) is 5.75 Å². The first-order chi connectivity index (χ1) is 12.0. The van der Waals surface area contributed by atoms with Gasteiger partial charge in [0, 0.05) is 12.3 Å². The molecule has 1 amide bonds. The summed E-state index contributed by atoms with van der Waals surface area (Å²) in [6, 6.07) is 5.91. The van der Waals surface area contributed by atoms with E-state index in [1.807, 2.05) is 32.0 Å². The highest BCUT2D eigenvalue weighted by Crippen LogP contribution is 2.42. The van der Waals surface area contributed by atoms with Gasteiger partial charge >= 0.3 is 0 Å². The van der Waals surface area contributed by atoms with Gasteiger partial charge in [-0.1, -0.05) is 6.92 Å². The van der Waals surface area contributed by atoms with Gasteiger partial charge in [0.2, 0.25) is 0 Å². The van der Waals surface area contributed by atoms with Gasteiger partial charge in [-0.05, 0) is 88.5 Å². The number of aryl methyl sites for hydroxylation is 1. The van der Waals surface area contributed by atoms with Gasteiger partial charge in [-0.25, -0.2) is 0 Å². The van der Waals surface area contributed by atoms with Gasteiger partial charge < -0.3 is 14.8 Å². The molecule has 2 saturated carbocycles. The van der Waals surface area contributed by atoms with Gasteiger partial charge in [-0.15, -0.1) is 0 Å². The van der Waals surface area contributed by atoms with Crippen molar-refractivity contribution in [1.29, 1.82) is 0 Å². The van der Waals surface area contributed by atoms with Crippen LogP contribution in [0.1, 0.15) is 64.4 Å². The third-order valence-corrected chi connectivity index (χ3v) is 5.44. The average molecular weight is 345 g/mol. The molecular formula is C21H31NO3. The lowest BCUT2D eigenvalue weighted by Gasteiger charge is -2.28. The van der Waals surface area contributed by atoms with Crippen molar-refractivity contribution in [3.8, 4) is 5.75 Å². The first-order valence-electron chi connectivity index (χ1n) is 9.75. The predicted molar refractivity (Wildman–Crippen MR) is 100 cm³/mol. The van der Waals surface area contributed by atoms with E-state index < -0.39 is 5.60 Å². The van der Waals surface area contributed by atoms with E-state index in [9.17, 15) is 4.79 Å². The number of benzene rings is 1. The van der Waals surface area contributed by atoms with E-state index in [1.54, 1.807) is 0 Å². The first-order valence-corrected chi connectivity index (χ1v) is 9.75. The van der Waals surface area contributed by atoms with Crippen molar-refractivity contribution in [2.24, 2.45) is 5.92 Å². The molecule has 0 radical (unpaired) electrons. The molecule has 2 fully saturated rings. The summed E-state index contributed by atoms with van der Waals surface area (Å²) in [5.41, 5.74) is 1.16. The van der Waals surface area contributed by atoms with Crippen LogP contribution in [0.25, 0.3) is 0 Å². The molecule has 2 aliphatic rings. The lowest BCUT2D eigenvalue weighted by Crippen LogP contribution is -2.45. The standard InChI is InChI=1S/C21H31NO3/c1-4-13-24-21(3,16-9-10-16)20(23)22-17-11-12-19(15(2)14-17)25-18-7-5-6-8-18/h11-12,14,16,18H,4-10,13H2,1-3H3,(H,22,23). The molecule has 2 aliphatic carbocycles. The molecule has 1 aromatic rings. The third-order valence-electron chi connectivity index (χ3n) is 5.44. The second-order valence-electron chi connectivity index (χ2n) is 7.69. The quantitative estimate of drug-likeness (QED) is 0.732. The molecule has 0 aliphatic heterocycles. The van der Waals surface area contributed by atoms with E-state index in [1.165, 1.54) is 12.8 Å². The minimum absolute atomic E-state index is 0.0349. The minimum atomic E-state index is -0.719. The molecule has 0 spiro atoms.